The number of hydrogen-bond donors (Lipinski definition) is 1. The predicted molar refractivity (Wildman–Crippen MR) is 78.0 cm³/mol. The molecule has 0 spiro atoms. The summed E-state index contributed by atoms with van der Waals surface area (Å²) in [6, 6.07) is 4.35. The summed E-state index contributed by atoms with van der Waals surface area (Å²) in [7, 11) is 0. The summed E-state index contributed by atoms with van der Waals surface area (Å²) in [5, 5.41) is 8.96. The van der Waals surface area contributed by atoms with Crippen LogP contribution in [0.15, 0.2) is 24.3 Å². The smallest absolute Gasteiger partial charge is 0.416 e. The number of carbonyl (C=O) groups excluding carboxylic acids is 1. The fourth-order valence-corrected chi connectivity index (χ4v) is 2.54. The number of carboxylic acids is 1. The van der Waals surface area contributed by atoms with E-state index in [0.29, 0.717) is 18.8 Å². The zero-order chi connectivity index (χ0) is 17.7. The van der Waals surface area contributed by atoms with Crippen LogP contribution in [0.1, 0.15) is 24.0 Å². The fourth-order valence-electron chi connectivity index (χ4n) is 2.54. The third kappa shape index (κ3) is 5.23. The number of nitrogens with zero attached hydrogens (tertiary/aromatic N) is 1. The lowest BCUT2D eigenvalue weighted by Crippen LogP contribution is -2.36. The van der Waals surface area contributed by atoms with Crippen LogP contribution in [0.5, 0.6) is 0 Å². The number of ether oxygens (including phenoxy) is 1. The quantitative estimate of drug-likeness (QED) is 0.860. The maximum atomic E-state index is 12.6. The topological polar surface area (TPSA) is 66.8 Å². The number of amides is 1. The molecular weight excluding hydrogens is 327 g/mol. The number of hydrogen-bond acceptors (Lipinski definition) is 3. The molecule has 1 heterocycles. The van der Waals surface area contributed by atoms with E-state index in [1.54, 1.807) is 0 Å². The van der Waals surface area contributed by atoms with Gasteiger partial charge in [0.2, 0.25) is 5.91 Å². The molecule has 8 heteroatoms. The minimum absolute atomic E-state index is 0.0448. The Hall–Kier alpha value is -2.09. The summed E-state index contributed by atoms with van der Waals surface area (Å²) < 4.78 is 42.9. The number of aliphatic carboxylic acids is 1. The van der Waals surface area contributed by atoms with Crippen LogP contribution in [0, 0.1) is 5.92 Å². The summed E-state index contributed by atoms with van der Waals surface area (Å²) in [6.07, 6.45) is -3.52. The summed E-state index contributed by atoms with van der Waals surface area (Å²) in [6.45, 7) is 0.507. The Labute approximate surface area is 137 Å². The number of rotatable bonds is 6. The van der Waals surface area contributed by atoms with Gasteiger partial charge < -0.3 is 14.7 Å². The van der Waals surface area contributed by atoms with Crippen LogP contribution in [-0.2, 0) is 27.0 Å². The van der Waals surface area contributed by atoms with Gasteiger partial charge in [0.25, 0.3) is 0 Å². The largest absolute Gasteiger partial charge is 0.480 e. The van der Waals surface area contributed by atoms with E-state index in [4.69, 9.17) is 9.84 Å². The van der Waals surface area contributed by atoms with Gasteiger partial charge in [0, 0.05) is 26.2 Å². The van der Waals surface area contributed by atoms with E-state index in [2.05, 4.69) is 0 Å². The number of carboxylic acid groups (broad SMARTS) is 1. The lowest BCUT2D eigenvalue weighted by molar-refractivity contribution is -0.145. The summed E-state index contributed by atoms with van der Waals surface area (Å²) in [5.41, 5.74) is -0.342. The second-order valence-electron chi connectivity index (χ2n) is 5.77. The Balaban J connectivity index is 2.04. The highest BCUT2D eigenvalue weighted by Gasteiger charge is 2.30. The van der Waals surface area contributed by atoms with Crippen LogP contribution in [0.3, 0.4) is 0 Å². The van der Waals surface area contributed by atoms with Gasteiger partial charge in [-0.2, -0.15) is 13.2 Å². The van der Waals surface area contributed by atoms with Crippen LogP contribution in [-0.4, -0.2) is 41.6 Å². The molecule has 132 valence electrons. The third-order valence-electron chi connectivity index (χ3n) is 3.82. The zero-order valence-corrected chi connectivity index (χ0v) is 12.9. The molecule has 1 aromatic rings. The van der Waals surface area contributed by atoms with E-state index in [0.717, 1.165) is 23.5 Å². The summed E-state index contributed by atoms with van der Waals surface area (Å²) in [4.78, 5) is 24.4. The van der Waals surface area contributed by atoms with Gasteiger partial charge in [0.15, 0.2) is 0 Å². The van der Waals surface area contributed by atoms with Crippen LogP contribution in [0.4, 0.5) is 13.2 Å². The highest BCUT2D eigenvalue weighted by molar-refractivity contribution is 5.81. The molecule has 0 radical (unpaired) electrons. The fraction of sp³-hybridized carbons (Fsp3) is 0.500. The van der Waals surface area contributed by atoms with Crippen molar-refractivity contribution in [2.75, 3.05) is 19.8 Å². The van der Waals surface area contributed by atoms with E-state index in [1.807, 2.05) is 0 Å². The van der Waals surface area contributed by atoms with Crippen LogP contribution in [0.2, 0.25) is 0 Å². The first kappa shape index (κ1) is 18.3. The molecule has 5 nitrogen and oxygen atoms in total. The summed E-state index contributed by atoms with van der Waals surface area (Å²) in [5.74, 6) is -1.45. The molecule has 0 saturated carbocycles. The van der Waals surface area contributed by atoms with Gasteiger partial charge in [-0.25, -0.2) is 0 Å². The number of halogens is 3. The van der Waals surface area contributed by atoms with Crippen molar-refractivity contribution in [3.05, 3.63) is 35.4 Å². The SMILES string of the molecule is O=C(O)CN(Cc1ccc(C(F)(F)F)cc1)C(=O)C[C@@H]1CCOC1. The van der Waals surface area contributed by atoms with Gasteiger partial charge in [-0.3, -0.25) is 9.59 Å². The van der Waals surface area contributed by atoms with Crippen molar-refractivity contribution in [3.8, 4) is 0 Å². The lowest BCUT2D eigenvalue weighted by Gasteiger charge is -2.22. The molecule has 0 aromatic heterocycles. The first-order valence-corrected chi connectivity index (χ1v) is 7.49. The molecule has 1 aromatic carbocycles. The average molecular weight is 345 g/mol. The lowest BCUT2D eigenvalue weighted by atomic mass is 10.0. The molecule has 1 aliphatic heterocycles. The number of benzene rings is 1. The minimum atomic E-state index is -4.43. The maximum Gasteiger partial charge on any atom is 0.416 e. The number of carbonyl (C=O) groups is 2. The number of alkyl halides is 3. The Kier molecular flexibility index (Phi) is 5.82. The molecule has 1 fully saturated rings. The van der Waals surface area contributed by atoms with Crippen molar-refractivity contribution in [1.82, 2.24) is 4.90 Å². The minimum Gasteiger partial charge on any atom is -0.480 e. The van der Waals surface area contributed by atoms with Gasteiger partial charge in [0.05, 0.1) is 5.56 Å². The van der Waals surface area contributed by atoms with E-state index in [1.165, 1.54) is 12.1 Å². The molecular formula is C16H18F3NO4. The molecule has 1 atom stereocenters. The van der Waals surface area contributed by atoms with Gasteiger partial charge >= 0.3 is 12.1 Å². The Morgan fingerprint density at radius 1 is 1.25 bits per heavy atom. The second kappa shape index (κ2) is 7.65. The zero-order valence-electron chi connectivity index (χ0n) is 12.9. The van der Waals surface area contributed by atoms with Crippen LogP contribution >= 0.6 is 0 Å². The van der Waals surface area contributed by atoms with Crippen LogP contribution in [0.25, 0.3) is 0 Å². The van der Waals surface area contributed by atoms with E-state index < -0.39 is 24.3 Å². The molecule has 1 amide bonds. The monoisotopic (exact) mass is 345 g/mol. The van der Waals surface area contributed by atoms with Crippen molar-refractivity contribution < 1.29 is 32.6 Å². The highest BCUT2D eigenvalue weighted by Crippen LogP contribution is 2.29. The van der Waals surface area contributed by atoms with E-state index >= 15 is 0 Å². The average Bonchev–Trinajstić information content (AvgIpc) is 2.98. The summed E-state index contributed by atoms with van der Waals surface area (Å²) >= 11 is 0. The predicted octanol–water partition coefficient (Wildman–Crippen LogP) is 2.55. The first-order valence-electron chi connectivity index (χ1n) is 7.49. The molecule has 0 unspecified atom stereocenters. The molecule has 1 saturated heterocycles. The second-order valence-corrected chi connectivity index (χ2v) is 5.77. The van der Waals surface area contributed by atoms with Crippen molar-refractivity contribution in [1.29, 1.82) is 0 Å². The molecule has 1 N–H and O–H groups in total. The molecule has 24 heavy (non-hydrogen) atoms. The molecule has 0 aliphatic carbocycles. The van der Waals surface area contributed by atoms with Crippen molar-refractivity contribution >= 4 is 11.9 Å². The van der Waals surface area contributed by atoms with Gasteiger partial charge in [-0.1, -0.05) is 12.1 Å². The molecule has 0 bridgehead atoms. The first-order chi connectivity index (χ1) is 11.3. The third-order valence-corrected chi connectivity index (χ3v) is 3.82. The normalized spacial score (nSPS) is 17.7. The van der Waals surface area contributed by atoms with Crippen molar-refractivity contribution in [2.45, 2.75) is 25.6 Å². The van der Waals surface area contributed by atoms with Crippen molar-refractivity contribution in [3.63, 3.8) is 0 Å². The standard InChI is InChI=1S/C16H18F3NO4/c17-16(18,19)13-3-1-11(2-4-13)8-20(9-15(22)23)14(21)7-12-5-6-24-10-12/h1-4,12H,5-10H2,(H,22,23)/t12-/m0/s1. The molecule has 2 rings (SSSR count). The van der Waals surface area contributed by atoms with Gasteiger partial charge in [-0.05, 0) is 30.0 Å². The van der Waals surface area contributed by atoms with Gasteiger partial charge in [0.1, 0.15) is 6.54 Å². The molecule has 1 aliphatic rings. The van der Waals surface area contributed by atoms with E-state index in [9.17, 15) is 22.8 Å². The highest BCUT2D eigenvalue weighted by atomic mass is 19.4. The Morgan fingerprint density at radius 2 is 1.92 bits per heavy atom. The van der Waals surface area contributed by atoms with Crippen molar-refractivity contribution in [2.24, 2.45) is 5.92 Å². The maximum absolute atomic E-state index is 12.6. The van der Waals surface area contributed by atoms with Gasteiger partial charge in [-0.15, -0.1) is 0 Å². The van der Waals surface area contributed by atoms with Crippen LogP contribution < -0.4 is 0 Å². The Bertz CT molecular complexity index is 580. The Morgan fingerprint density at radius 3 is 2.42 bits per heavy atom. The van der Waals surface area contributed by atoms with E-state index in [-0.39, 0.29) is 24.8 Å².